The molecule has 2 aromatic heterocycles. The van der Waals surface area contributed by atoms with Gasteiger partial charge in [-0.3, -0.25) is 9.29 Å². The zero-order chi connectivity index (χ0) is 28.5. The van der Waals surface area contributed by atoms with Crippen LogP contribution >= 0.6 is 0 Å². The van der Waals surface area contributed by atoms with Crippen molar-refractivity contribution in [2.24, 2.45) is 0 Å². The number of aliphatic hydroxyl groups excluding tert-OH is 1. The summed E-state index contributed by atoms with van der Waals surface area (Å²) in [6.07, 6.45) is -3.25. The highest BCUT2D eigenvalue weighted by Gasteiger charge is 2.37. The van der Waals surface area contributed by atoms with E-state index in [4.69, 9.17) is 9.47 Å². The molecule has 1 aliphatic rings. The van der Waals surface area contributed by atoms with Gasteiger partial charge in [0.2, 0.25) is 16.0 Å². The lowest BCUT2D eigenvalue weighted by molar-refractivity contribution is -0.274. The van der Waals surface area contributed by atoms with Crippen LogP contribution in [0.15, 0.2) is 30.6 Å². The van der Waals surface area contributed by atoms with E-state index < -0.39 is 46.1 Å². The van der Waals surface area contributed by atoms with Crippen LogP contribution in [0, 0.1) is 6.92 Å². The third kappa shape index (κ3) is 6.39. The number of rotatable bonds is 9. The molecule has 0 saturated carbocycles. The molecule has 0 aliphatic carbocycles. The maximum absolute atomic E-state index is 13.5. The Labute approximate surface area is 222 Å². The Balaban J connectivity index is 1.71. The topological polar surface area (TPSA) is 151 Å². The van der Waals surface area contributed by atoms with E-state index in [0.717, 1.165) is 17.7 Å². The first-order chi connectivity index (χ1) is 18.3. The molecule has 0 spiro atoms. The van der Waals surface area contributed by atoms with E-state index in [1.54, 1.807) is 33.2 Å². The molecule has 2 N–H and O–H groups in total. The van der Waals surface area contributed by atoms with Crippen molar-refractivity contribution in [2.45, 2.75) is 57.6 Å². The van der Waals surface area contributed by atoms with Gasteiger partial charge < -0.3 is 19.3 Å². The van der Waals surface area contributed by atoms with Gasteiger partial charge in [0.15, 0.2) is 11.6 Å². The molecule has 39 heavy (non-hydrogen) atoms. The van der Waals surface area contributed by atoms with Crippen LogP contribution in [-0.4, -0.2) is 69.2 Å². The van der Waals surface area contributed by atoms with Crippen molar-refractivity contribution in [3.05, 3.63) is 42.0 Å². The van der Waals surface area contributed by atoms with E-state index in [1.165, 1.54) is 17.6 Å². The molecule has 212 valence electrons. The Morgan fingerprint density at radius 2 is 1.90 bits per heavy atom. The fourth-order valence-corrected chi connectivity index (χ4v) is 4.99. The number of hydrogen-bond acceptors (Lipinski definition) is 10. The molecule has 1 aliphatic heterocycles. The summed E-state index contributed by atoms with van der Waals surface area (Å²) in [5.74, 6) is -0.526. The van der Waals surface area contributed by atoms with Crippen molar-refractivity contribution in [1.82, 2.24) is 24.7 Å². The number of benzene rings is 1. The minimum Gasteiger partial charge on any atom is -0.491 e. The summed E-state index contributed by atoms with van der Waals surface area (Å²) < 4.78 is 84.6. The van der Waals surface area contributed by atoms with Crippen molar-refractivity contribution < 1.29 is 40.9 Å². The average molecular weight is 573 g/mol. The molecule has 3 aromatic rings. The van der Waals surface area contributed by atoms with Crippen LogP contribution in [0.5, 0.6) is 11.5 Å². The molecule has 3 atom stereocenters. The van der Waals surface area contributed by atoms with Crippen LogP contribution < -0.4 is 14.2 Å². The average Bonchev–Trinajstić information content (AvgIpc) is 3.17. The quantitative estimate of drug-likeness (QED) is 0.391. The maximum atomic E-state index is 13.5. The van der Waals surface area contributed by atoms with Crippen LogP contribution in [-0.2, 0) is 14.8 Å². The van der Waals surface area contributed by atoms with Crippen molar-refractivity contribution in [1.29, 1.82) is 0 Å². The Hall–Kier alpha value is -3.50. The summed E-state index contributed by atoms with van der Waals surface area (Å²) in [6.45, 7) is 6.04. The van der Waals surface area contributed by atoms with Gasteiger partial charge in [0.25, 0.3) is 0 Å². The maximum Gasteiger partial charge on any atom is 0.573 e. The zero-order valence-electron chi connectivity index (χ0n) is 21.4. The van der Waals surface area contributed by atoms with Crippen LogP contribution in [0.25, 0.3) is 11.4 Å². The summed E-state index contributed by atoms with van der Waals surface area (Å²) in [7, 11) is -4.25. The number of fused-ring (bicyclic) bond motifs is 3. The van der Waals surface area contributed by atoms with Gasteiger partial charge in [-0.2, -0.15) is 0 Å². The molecule has 0 radical (unpaired) electrons. The number of nitrogens with one attached hydrogen (secondary N) is 1. The predicted octanol–water partition coefficient (Wildman–Crippen LogP) is 3.16. The van der Waals surface area contributed by atoms with E-state index in [2.05, 4.69) is 29.6 Å². The van der Waals surface area contributed by atoms with Gasteiger partial charge in [0, 0.05) is 12.4 Å². The largest absolute Gasteiger partial charge is 0.573 e. The molecular weight excluding hydrogens is 545 g/mol. The first kappa shape index (κ1) is 28.5. The highest BCUT2D eigenvalue weighted by Crippen LogP contribution is 2.39. The summed E-state index contributed by atoms with van der Waals surface area (Å²) >= 11 is 0. The van der Waals surface area contributed by atoms with E-state index >= 15 is 0 Å². The number of aromatic nitrogens is 5. The van der Waals surface area contributed by atoms with Gasteiger partial charge in [-0.05, 0) is 51.5 Å². The zero-order valence-corrected chi connectivity index (χ0v) is 22.2. The van der Waals surface area contributed by atoms with Crippen molar-refractivity contribution >= 4 is 16.0 Å². The number of sulfonamides is 1. The standard InChI is InChI=1S/C23H27F3N6O6S/c1-12(2)37-19(20-27-8-13(3)9-28-20)14(4)39(34,35)31-22-30-29-21-17-7-16(38-23(24,25)26)5-6-18(17)36-11-15(10-33)32(21)22/h5-9,12,14-15,19,33H,10-11H2,1-4H3,(H,30,31)/t14?,15-,19?/m0/s1. The molecule has 2 unspecified atom stereocenters. The summed E-state index contributed by atoms with van der Waals surface area (Å²) in [5, 5.41) is 16.7. The summed E-state index contributed by atoms with van der Waals surface area (Å²) in [5.41, 5.74) is 0.843. The number of aryl methyl sites for hydroxylation is 1. The fourth-order valence-electron chi connectivity index (χ4n) is 3.90. The highest BCUT2D eigenvalue weighted by atomic mass is 32.2. The number of alkyl halides is 3. The fraction of sp³-hybridized carbons (Fsp3) is 0.478. The number of aliphatic hydroxyl groups is 1. The van der Waals surface area contributed by atoms with E-state index in [0.29, 0.717) is 0 Å². The van der Waals surface area contributed by atoms with Gasteiger partial charge >= 0.3 is 6.36 Å². The lowest BCUT2D eigenvalue weighted by Gasteiger charge is -2.26. The Morgan fingerprint density at radius 3 is 2.51 bits per heavy atom. The van der Waals surface area contributed by atoms with Gasteiger partial charge in [-0.1, -0.05) is 0 Å². The minimum absolute atomic E-state index is 0.0311. The second-order valence-corrected chi connectivity index (χ2v) is 11.2. The Morgan fingerprint density at radius 1 is 1.21 bits per heavy atom. The number of hydrogen-bond donors (Lipinski definition) is 2. The molecule has 4 rings (SSSR count). The first-order valence-corrected chi connectivity index (χ1v) is 13.4. The van der Waals surface area contributed by atoms with Gasteiger partial charge in [-0.15, -0.1) is 23.4 Å². The predicted molar refractivity (Wildman–Crippen MR) is 131 cm³/mol. The summed E-state index contributed by atoms with van der Waals surface area (Å²) in [4.78, 5) is 8.45. The van der Waals surface area contributed by atoms with Crippen molar-refractivity contribution in [2.75, 3.05) is 17.9 Å². The molecular formula is C23H27F3N6O6S. The first-order valence-electron chi connectivity index (χ1n) is 11.8. The lowest BCUT2D eigenvalue weighted by atomic mass is 10.1. The van der Waals surface area contributed by atoms with Gasteiger partial charge in [-0.25, -0.2) is 18.4 Å². The van der Waals surface area contributed by atoms with Crippen molar-refractivity contribution in [3.8, 4) is 22.9 Å². The van der Waals surface area contributed by atoms with Crippen LogP contribution in [0.3, 0.4) is 0 Å². The smallest absolute Gasteiger partial charge is 0.491 e. The molecule has 16 heteroatoms. The SMILES string of the molecule is Cc1cnc(C(OC(C)C)C(C)S(=O)(=O)Nc2nnc3n2[C@@H](CO)COc2ccc(OC(F)(F)F)cc2-3)nc1. The molecule has 0 bridgehead atoms. The Bertz CT molecular complexity index is 1410. The van der Waals surface area contributed by atoms with Crippen LogP contribution in [0.1, 0.15) is 44.3 Å². The minimum atomic E-state index is -4.94. The number of anilines is 1. The monoisotopic (exact) mass is 572 g/mol. The normalized spacial score (nSPS) is 17.0. The lowest BCUT2D eigenvalue weighted by Crippen LogP contribution is -2.35. The molecule has 3 heterocycles. The second-order valence-electron chi connectivity index (χ2n) is 9.15. The molecule has 0 fully saturated rings. The van der Waals surface area contributed by atoms with Gasteiger partial charge in [0.05, 0.1) is 24.3 Å². The molecule has 12 nitrogen and oxygen atoms in total. The third-order valence-corrected chi connectivity index (χ3v) is 7.45. The number of ether oxygens (including phenoxy) is 3. The third-order valence-electron chi connectivity index (χ3n) is 5.75. The van der Waals surface area contributed by atoms with Crippen molar-refractivity contribution in [3.63, 3.8) is 0 Å². The van der Waals surface area contributed by atoms with E-state index in [1.807, 2.05) is 0 Å². The van der Waals surface area contributed by atoms with Crippen LogP contribution in [0.2, 0.25) is 0 Å². The second kappa shape index (κ2) is 10.9. The van der Waals surface area contributed by atoms with Crippen LogP contribution in [0.4, 0.5) is 19.1 Å². The van der Waals surface area contributed by atoms with Gasteiger partial charge in [0.1, 0.15) is 29.5 Å². The van der Waals surface area contributed by atoms with E-state index in [-0.39, 0.29) is 41.6 Å². The number of nitrogens with zero attached hydrogens (tertiary/aromatic N) is 5. The molecule has 1 aromatic carbocycles. The molecule has 0 saturated heterocycles. The summed E-state index contributed by atoms with van der Waals surface area (Å²) in [6, 6.07) is 2.51. The number of halogens is 3. The molecule has 0 amide bonds. The van der Waals surface area contributed by atoms with E-state index in [9.17, 15) is 26.7 Å². The highest BCUT2D eigenvalue weighted by molar-refractivity contribution is 7.93. The Kier molecular flexibility index (Phi) is 7.99.